The van der Waals surface area contributed by atoms with Gasteiger partial charge < -0.3 is 14.9 Å². The lowest BCUT2D eigenvalue weighted by Crippen LogP contribution is -2.42. The molecule has 174 valence electrons. The molecule has 1 saturated heterocycles. The first-order valence-electron chi connectivity index (χ1n) is 10.2. The second kappa shape index (κ2) is 10.3. The summed E-state index contributed by atoms with van der Waals surface area (Å²) in [5, 5.41) is 10.4. The van der Waals surface area contributed by atoms with Crippen molar-refractivity contribution in [2.24, 2.45) is 0 Å². The van der Waals surface area contributed by atoms with E-state index in [9.17, 15) is 18.3 Å². The molecule has 1 fully saturated rings. The van der Waals surface area contributed by atoms with Crippen molar-refractivity contribution in [1.82, 2.24) is 4.90 Å². The van der Waals surface area contributed by atoms with E-state index < -0.39 is 10.0 Å². The summed E-state index contributed by atoms with van der Waals surface area (Å²) in [6.07, 6.45) is 2.05. The number of para-hydroxylation sites is 1. The van der Waals surface area contributed by atoms with Crippen molar-refractivity contribution in [3.05, 3.63) is 58.1 Å². The van der Waals surface area contributed by atoms with Gasteiger partial charge in [0.2, 0.25) is 15.9 Å². The summed E-state index contributed by atoms with van der Waals surface area (Å²) in [4.78, 5) is 16.5. The molecule has 1 N–H and O–H groups in total. The monoisotopic (exact) mass is 499 g/mol. The molecule has 1 heterocycles. The molecular weight excluding hydrogens is 473 g/mol. The van der Waals surface area contributed by atoms with Crippen LogP contribution in [0.1, 0.15) is 12.0 Å². The van der Waals surface area contributed by atoms with Crippen LogP contribution in [-0.2, 0) is 21.2 Å². The van der Waals surface area contributed by atoms with Gasteiger partial charge in [-0.05, 0) is 42.7 Å². The summed E-state index contributed by atoms with van der Waals surface area (Å²) in [6, 6.07) is 12.4. The van der Waals surface area contributed by atoms with Gasteiger partial charge in [-0.2, -0.15) is 0 Å². The number of carbonyl (C=O) groups is 1. The third-order valence-corrected chi connectivity index (χ3v) is 7.16. The van der Waals surface area contributed by atoms with Crippen LogP contribution < -0.4 is 9.21 Å². The fraction of sp³-hybridized carbons (Fsp3) is 0.409. The van der Waals surface area contributed by atoms with Gasteiger partial charge in [0.1, 0.15) is 6.54 Å². The molecule has 0 unspecified atom stereocenters. The molecule has 10 heteroatoms. The van der Waals surface area contributed by atoms with Gasteiger partial charge in [-0.1, -0.05) is 41.4 Å². The van der Waals surface area contributed by atoms with E-state index in [-0.39, 0.29) is 29.3 Å². The molecule has 0 radical (unpaired) electrons. The molecule has 0 spiro atoms. The fourth-order valence-corrected chi connectivity index (χ4v) is 5.13. The Morgan fingerprint density at radius 3 is 2.56 bits per heavy atom. The topological polar surface area (TPSA) is 81.2 Å². The molecule has 2 aromatic carbocycles. The number of hydrogen-bond acceptors (Lipinski definition) is 5. The standard InChI is InChI=1S/C22H27Cl2N3O4S/c1-25(11-9-16-5-3-4-6-20(16)26-12-10-18(28)14-26)22(29)15-27(32(2,30)31)21-8-7-17(23)13-19(21)24/h3-8,13,18,28H,9-12,14-15H2,1-2H3/t18-/m0/s1. The molecule has 3 rings (SSSR count). The van der Waals surface area contributed by atoms with Gasteiger partial charge in [-0.15, -0.1) is 0 Å². The van der Waals surface area contributed by atoms with Crippen LogP contribution in [0.15, 0.2) is 42.5 Å². The lowest BCUT2D eigenvalue weighted by atomic mass is 10.1. The van der Waals surface area contributed by atoms with Crippen LogP contribution in [0.4, 0.5) is 11.4 Å². The number of anilines is 2. The van der Waals surface area contributed by atoms with Gasteiger partial charge in [-0.25, -0.2) is 8.42 Å². The Labute approximate surface area is 199 Å². The minimum absolute atomic E-state index is 0.153. The maximum absolute atomic E-state index is 12.9. The lowest BCUT2D eigenvalue weighted by Gasteiger charge is -2.26. The fourth-order valence-electron chi connectivity index (χ4n) is 3.71. The van der Waals surface area contributed by atoms with Crippen molar-refractivity contribution in [2.75, 3.05) is 48.7 Å². The molecule has 7 nitrogen and oxygen atoms in total. The van der Waals surface area contributed by atoms with Crippen molar-refractivity contribution in [1.29, 1.82) is 0 Å². The minimum Gasteiger partial charge on any atom is -0.391 e. The summed E-state index contributed by atoms with van der Waals surface area (Å²) in [6.45, 7) is 1.43. The van der Waals surface area contributed by atoms with Crippen molar-refractivity contribution in [2.45, 2.75) is 18.9 Å². The molecule has 0 saturated carbocycles. The number of β-amino-alcohol motifs (C(OH)–C–C–N with tert-alkyl or cyclic N) is 1. The van der Waals surface area contributed by atoms with Gasteiger partial charge in [0.15, 0.2) is 0 Å². The Balaban J connectivity index is 1.69. The number of aliphatic hydroxyl groups excluding tert-OH is 1. The Hall–Kier alpha value is -2.00. The second-order valence-electron chi connectivity index (χ2n) is 7.95. The number of hydrogen-bond donors (Lipinski definition) is 1. The van der Waals surface area contributed by atoms with Crippen LogP contribution in [-0.4, -0.2) is 69.9 Å². The summed E-state index contributed by atoms with van der Waals surface area (Å²) in [5.41, 5.74) is 2.33. The highest BCUT2D eigenvalue weighted by atomic mass is 35.5. The van der Waals surface area contributed by atoms with E-state index in [0.29, 0.717) is 24.5 Å². The normalized spacial score (nSPS) is 16.3. The Kier molecular flexibility index (Phi) is 7.92. The smallest absolute Gasteiger partial charge is 0.243 e. The third kappa shape index (κ3) is 6.07. The van der Waals surface area contributed by atoms with E-state index in [4.69, 9.17) is 23.2 Å². The van der Waals surface area contributed by atoms with Crippen LogP contribution in [0.25, 0.3) is 0 Å². The van der Waals surface area contributed by atoms with Gasteiger partial charge in [0, 0.05) is 37.4 Å². The van der Waals surface area contributed by atoms with Crippen LogP contribution in [0, 0.1) is 0 Å². The number of amides is 1. The molecule has 0 bridgehead atoms. The second-order valence-corrected chi connectivity index (χ2v) is 10.7. The first-order chi connectivity index (χ1) is 15.1. The van der Waals surface area contributed by atoms with Gasteiger partial charge in [-0.3, -0.25) is 9.10 Å². The first kappa shape index (κ1) is 24.6. The quantitative estimate of drug-likeness (QED) is 0.603. The summed E-state index contributed by atoms with van der Waals surface area (Å²) in [5.74, 6) is -0.351. The maximum atomic E-state index is 12.9. The molecule has 1 aliphatic heterocycles. The first-order valence-corrected chi connectivity index (χ1v) is 12.8. The molecule has 1 aliphatic rings. The largest absolute Gasteiger partial charge is 0.391 e. The highest BCUT2D eigenvalue weighted by Gasteiger charge is 2.25. The van der Waals surface area contributed by atoms with E-state index in [1.807, 2.05) is 24.3 Å². The number of carbonyl (C=O) groups excluding carboxylic acids is 1. The number of sulfonamides is 1. The summed E-state index contributed by atoms with van der Waals surface area (Å²) >= 11 is 12.1. The third-order valence-electron chi connectivity index (χ3n) is 5.50. The van der Waals surface area contributed by atoms with E-state index in [1.165, 1.54) is 23.1 Å². The number of benzene rings is 2. The predicted molar refractivity (Wildman–Crippen MR) is 129 cm³/mol. The highest BCUT2D eigenvalue weighted by Crippen LogP contribution is 2.30. The minimum atomic E-state index is -3.74. The van der Waals surface area contributed by atoms with Gasteiger partial charge in [0.25, 0.3) is 0 Å². The van der Waals surface area contributed by atoms with E-state index in [2.05, 4.69) is 4.90 Å². The van der Waals surface area contributed by atoms with E-state index in [0.717, 1.165) is 34.8 Å². The zero-order chi connectivity index (χ0) is 23.5. The Morgan fingerprint density at radius 2 is 1.94 bits per heavy atom. The lowest BCUT2D eigenvalue weighted by molar-refractivity contribution is -0.128. The molecular formula is C22H27Cl2N3O4S. The summed E-state index contributed by atoms with van der Waals surface area (Å²) in [7, 11) is -2.10. The molecule has 0 aromatic heterocycles. The van der Waals surface area contributed by atoms with Crippen LogP contribution >= 0.6 is 23.2 Å². The molecule has 32 heavy (non-hydrogen) atoms. The van der Waals surface area contributed by atoms with Crippen molar-refractivity contribution in [3.8, 4) is 0 Å². The molecule has 2 aromatic rings. The Morgan fingerprint density at radius 1 is 1.22 bits per heavy atom. The average molecular weight is 500 g/mol. The number of nitrogens with zero attached hydrogens (tertiary/aromatic N) is 3. The van der Waals surface area contributed by atoms with Crippen molar-refractivity contribution in [3.63, 3.8) is 0 Å². The Bertz CT molecular complexity index is 1080. The van der Waals surface area contributed by atoms with Gasteiger partial charge in [0.05, 0.1) is 23.1 Å². The highest BCUT2D eigenvalue weighted by molar-refractivity contribution is 7.92. The van der Waals surface area contributed by atoms with E-state index >= 15 is 0 Å². The van der Waals surface area contributed by atoms with Crippen LogP contribution in [0.3, 0.4) is 0 Å². The van der Waals surface area contributed by atoms with E-state index in [1.54, 1.807) is 7.05 Å². The maximum Gasteiger partial charge on any atom is 0.243 e. The number of rotatable bonds is 8. The molecule has 1 amide bonds. The number of halogens is 2. The predicted octanol–water partition coefficient (Wildman–Crippen LogP) is 3.03. The number of likely N-dealkylation sites (N-methyl/N-ethyl adjacent to an activating group) is 1. The van der Waals surface area contributed by atoms with Crippen molar-refractivity contribution < 1.29 is 18.3 Å². The molecule has 0 aliphatic carbocycles. The zero-order valence-electron chi connectivity index (χ0n) is 18.0. The van der Waals surface area contributed by atoms with Crippen LogP contribution in [0.2, 0.25) is 10.0 Å². The zero-order valence-corrected chi connectivity index (χ0v) is 20.4. The van der Waals surface area contributed by atoms with Gasteiger partial charge >= 0.3 is 0 Å². The van der Waals surface area contributed by atoms with Crippen LogP contribution in [0.5, 0.6) is 0 Å². The SMILES string of the molecule is CN(CCc1ccccc1N1CC[C@H](O)C1)C(=O)CN(c1ccc(Cl)cc1Cl)S(C)(=O)=O. The average Bonchev–Trinajstić information content (AvgIpc) is 3.16. The molecule has 1 atom stereocenters. The van der Waals surface area contributed by atoms with Crippen molar-refractivity contribution >= 4 is 50.5 Å². The summed E-state index contributed by atoms with van der Waals surface area (Å²) < 4.78 is 25.7. The number of aliphatic hydroxyl groups is 1.